The normalized spacial score (nSPS) is 12.7. The van der Waals surface area contributed by atoms with Gasteiger partial charge in [0.1, 0.15) is 0 Å². The lowest BCUT2D eigenvalue weighted by Gasteiger charge is -2.15. The molecule has 1 unspecified atom stereocenters. The molecular weight excluding hydrogens is 405 g/mol. The highest BCUT2D eigenvalue weighted by atomic mass is 79.9. The molecular formula is C14H16Br2ClN3. The Labute approximate surface area is 140 Å². The molecule has 1 aromatic heterocycles. The summed E-state index contributed by atoms with van der Waals surface area (Å²) < 4.78 is 3.92. The van der Waals surface area contributed by atoms with Crippen LogP contribution in [0.4, 0.5) is 0 Å². The lowest BCUT2D eigenvalue weighted by atomic mass is 10.0. The lowest BCUT2D eigenvalue weighted by Crippen LogP contribution is -2.16. The van der Waals surface area contributed by atoms with Gasteiger partial charge in [-0.15, -0.1) is 0 Å². The van der Waals surface area contributed by atoms with Gasteiger partial charge in [-0.1, -0.05) is 34.5 Å². The molecule has 0 aliphatic rings. The molecule has 0 spiro atoms. The van der Waals surface area contributed by atoms with E-state index in [1.807, 2.05) is 29.9 Å². The molecule has 0 fully saturated rings. The maximum absolute atomic E-state index is 6.33. The van der Waals surface area contributed by atoms with Crippen LogP contribution in [0.5, 0.6) is 0 Å². The first-order valence-corrected chi connectivity index (χ1v) is 8.31. The zero-order valence-corrected chi connectivity index (χ0v) is 15.3. The number of nitrogens with zero attached hydrogens (tertiary/aromatic N) is 2. The number of halogens is 3. The zero-order chi connectivity index (χ0) is 14.9. The molecule has 0 amide bonds. The number of hydrogen-bond acceptors (Lipinski definition) is 2. The minimum Gasteiger partial charge on any atom is -0.324 e. The van der Waals surface area contributed by atoms with Crippen LogP contribution in [0, 0.1) is 0 Å². The van der Waals surface area contributed by atoms with E-state index in [-0.39, 0.29) is 6.04 Å². The number of rotatable bonds is 4. The fraction of sp³-hybridized carbons (Fsp3) is 0.357. The van der Waals surface area contributed by atoms with E-state index in [1.165, 1.54) is 0 Å². The molecule has 0 saturated carbocycles. The molecule has 1 aromatic carbocycles. The molecule has 0 radical (unpaired) electrons. The largest absolute Gasteiger partial charge is 0.324 e. The van der Waals surface area contributed by atoms with Crippen LogP contribution in [0.3, 0.4) is 0 Å². The molecule has 20 heavy (non-hydrogen) atoms. The van der Waals surface area contributed by atoms with E-state index in [9.17, 15) is 0 Å². The molecule has 2 rings (SSSR count). The lowest BCUT2D eigenvalue weighted by molar-refractivity contribution is 0.635. The van der Waals surface area contributed by atoms with Gasteiger partial charge in [0.25, 0.3) is 0 Å². The van der Waals surface area contributed by atoms with E-state index in [0.29, 0.717) is 11.4 Å². The van der Waals surface area contributed by atoms with E-state index in [4.69, 9.17) is 17.3 Å². The van der Waals surface area contributed by atoms with Crippen LogP contribution in [-0.2, 0) is 19.9 Å². The van der Waals surface area contributed by atoms with Crippen LogP contribution in [0.15, 0.2) is 27.1 Å². The third-order valence-electron chi connectivity index (χ3n) is 3.27. The summed E-state index contributed by atoms with van der Waals surface area (Å²) in [7, 11) is 1.94. The molecule has 2 N–H and O–H groups in total. The molecule has 108 valence electrons. The van der Waals surface area contributed by atoms with E-state index < -0.39 is 0 Å². The van der Waals surface area contributed by atoms with Crippen molar-refractivity contribution in [2.75, 3.05) is 0 Å². The molecule has 3 nitrogen and oxygen atoms in total. The number of hydrogen-bond donors (Lipinski definition) is 1. The van der Waals surface area contributed by atoms with Crippen molar-refractivity contribution >= 4 is 43.5 Å². The quantitative estimate of drug-likeness (QED) is 0.795. The van der Waals surface area contributed by atoms with Gasteiger partial charge in [-0.3, -0.25) is 4.68 Å². The third kappa shape index (κ3) is 3.27. The molecule has 0 aliphatic carbocycles. The third-order valence-corrected chi connectivity index (χ3v) is 5.15. The monoisotopic (exact) mass is 419 g/mol. The SMILES string of the molecule is CCc1nn(C)c(CC(N)c2cc(Cl)ccc2Br)c1Br. The number of nitrogens with two attached hydrogens (primary N) is 1. The summed E-state index contributed by atoms with van der Waals surface area (Å²) in [5.41, 5.74) is 9.49. The minimum absolute atomic E-state index is 0.139. The van der Waals surface area contributed by atoms with Gasteiger partial charge < -0.3 is 5.73 Å². The molecule has 1 heterocycles. The van der Waals surface area contributed by atoms with E-state index in [2.05, 4.69) is 43.9 Å². The summed E-state index contributed by atoms with van der Waals surface area (Å²) in [6, 6.07) is 5.53. The van der Waals surface area contributed by atoms with Crippen molar-refractivity contribution in [2.24, 2.45) is 12.8 Å². The highest BCUT2D eigenvalue weighted by molar-refractivity contribution is 9.10. The Kier molecular flexibility index (Phi) is 5.29. The van der Waals surface area contributed by atoms with Gasteiger partial charge in [-0.2, -0.15) is 5.10 Å². The predicted octanol–water partition coefficient (Wildman–Crippen LogP) is 4.40. The Balaban J connectivity index is 2.30. The van der Waals surface area contributed by atoms with E-state index >= 15 is 0 Å². The van der Waals surface area contributed by atoms with Gasteiger partial charge >= 0.3 is 0 Å². The zero-order valence-electron chi connectivity index (χ0n) is 11.3. The van der Waals surface area contributed by atoms with Gasteiger partial charge in [0.15, 0.2) is 0 Å². The first-order chi connectivity index (χ1) is 9.43. The van der Waals surface area contributed by atoms with Gasteiger partial charge in [0, 0.05) is 29.0 Å². The maximum atomic E-state index is 6.33. The smallest absolute Gasteiger partial charge is 0.0766 e. The molecule has 6 heteroatoms. The molecule has 0 bridgehead atoms. The maximum Gasteiger partial charge on any atom is 0.0766 e. The minimum atomic E-state index is -0.139. The highest BCUT2D eigenvalue weighted by Gasteiger charge is 2.18. The Morgan fingerprint density at radius 1 is 1.40 bits per heavy atom. The standard InChI is InChI=1S/C14H16Br2ClN3/c1-3-12-14(16)13(20(2)19-12)7-11(18)9-6-8(17)4-5-10(9)15/h4-6,11H,3,7,18H2,1-2H3. The summed E-state index contributed by atoms with van der Waals surface area (Å²) in [4.78, 5) is 0. The summed E-state index contributed by atoms with van der Waals surface area (Å²) in [5.74, 6) is 0. The molecule has 0 aliphatic heterocycles. The average molecular weight is 422 g/mol. The van der Waals surface area contributed by atoms with Crippen molar-refractivity contribution in [3.8, 4) is 0 Å². The predicted molar refractivity (Wildman–Crippen MR) is 90.1 cm³/mol. The highest BCUT2D eigenvalue weighted by Crippen LogP contribution is 2.30. The van der Waals surface area contributed by atoms with Crippen LogP contribution >= 0.6 is 43.5 Å². The fourth-order valence-electron chi connectivity index (χ4n) is 2.16. The Bertz CT molecular complexity index is 625. The van der Waals surface area contributed by atoms with Gasteiger partial charge in [0.2, 0.25) is 0 Å². The second-order valence-electron chi connectivity index (χ2n) is 4.66. The van der Waals surface area contributed by atoms with Crippen molar-refractivity contribution < 1.29 is 0 Å². The van der Waals surface area contributed by atoms with Crippen molar-refractivity contribution in [2.45, 2.75) is 25.8 Å². The Morgan fingerprint density at radius 3 is 2.70 bits per heavy atom. The van der Waals surface area contributed by atoms with Crippen LogP contribution in [0.2, 0.25) is 5.02 Å². The molecule has 1 atom stereocenters. The summed E-state index contributed by atoms with van der Waals surface area (Å²) >= 11 is 13.2. The van der Waals surface area contributed by atoms with Crippen LogP contribution in [0.1, 0.15) is 29.9 Å². The molecule has 0 saturated heterocycles. The van der Waals surface area contributed by atoms with Crippen LogP contribution in [-0.4, -0.2) is 9.78 Å². The first-order valence-electron chi connectivity index (χ1n) is 6.34. The summed E-state index contributed by atoms with van der Waals surface area (Å²) in [5, 5.41) is 5.18. The Morgan fingerprint density at radius 2 is 2.10 bits per heavy atom. The van der Waals surface area contributed by atoms with Gasteiger partial charge in [-0.05, 0) is 46.1 Å². The average Bonchev–Trinajstić information content (AvgIpc) is 2.68. The first kappa shape index (κ1) is 16.0. The van der Waals surface area contributed by atoms with E-state index in [1.54, 1.807) is 0 Å². The number of benzene rings is 1. The molecule has 2 aromatic rings. The summed E-state index contributed by atoms with van der Waals surface area (Å²) in [6.07, 6.45) is 1.59. The van der Waals surface area contributed by atoms with Crippen LogP contribution < -0.4 is 5.73 Å². The van der Waals surface area contributed by atoms with E-state index in [0.717, 1.165) is 32.3 Å². The number of aryl methyl sites for hydroxylation is 2. The number of aromatic nitrogens is 2. The topological polar surface area (TPSA) is 43.8 Å². The van der Waals surface area contributed by atoms with Crippen LogP contribution in [0.25, 0.3) is 0 Å². The fourth-order valence-corrected chi connectivity index (χ4v) is 3.66. The van der Waals surface area contributed by atoms with Gasteiger partial charge in [-0.25, -0.2) is 0 Å². The van der Waals surface area contributed by atoms with Crippen molar-refractivity contribution in [3.05, 3.63) is 49.1 Å². The van der Waals surface area contributed by atoms with Crippen molar-refractivity contribution in [3.63, 3.8) is 0 Å². The van der Waals surface area contributed by atoms with Gasteiger partial charge in [0.05, 0.1) is 15.9 Å². The van der Waals surface area contributed by atoms with Crippen molar-refractivity contribution in [1.82, 2.24) is 9.78 Å². The second-order valence-corrected chi connectivity index (χ2v) is 6.74. The van der Waals surface area contributed by atoms with Crippen molar-refractivity contribution in [1.29, 1.82) is 0 Å². The summed E-state index contributed by atoms with van der Waals surface area (Å²) in [6.45, 7) is 2.09. The second kappa shape index (κ2) is 6.60. The Hall–Kier alpha value is -0.360.